The Morgan fingerprint density at radius 2 is 1.90 bits per heavy atom. The van der Waals surface area contributed by atoms with Crippen LogP contribution in [0.1, 0.15) is 22.3 Å². The molecular formula is C12H14F3NO4S. The molecule has 118 valence electrons. The minimum Gasteiger partial charge on any atom is -0.478 e. The summed E-state index contributed by atoms with van der Waals surface area (Å²) in [6.45, 7) is 0.707. The molecule has 1 aromatic rings. The molecule has 1 N–H and O–H groups in total. The number of nitrogens with zero attached hydrogens (tertiary/aromatic N) is 1. The number of halogens is 3. The highest BCUT2D eigenvalue weighted by atomic mass is 32.2. The zero-order valence-electron chi connectivity index (χ0n) is 11.3. The number of benzene rings is 1. The van der Waals surface area contributed by atoms with Crippen molar-refractivity contribution in [3.05, 3.63) is 29.3 Å². The Morgan fingerprint density at radius 3 is 2.38 bits per heavy atom. The van der Waals surface area contributed by atoms with Gasteiger partial charge in [-0.15, -0.1) is 0 Å². The molecule has 0 amide bonds. The zero-order chi connectivity index (χ0) is 16.4. The van der Waals surface area contributed by atoms with Gasteiger partial charge in [-0.05, 0) is 24.6 Å². The van der Waals surface area contributed by atoms with Crippen molar-refractivity contribution in [3.63, 3.8) is 0 Å². The van der Waals surface area contributed by atoms with Gasteiger partial charge in [0.15, 0.2) is 0 Å². The zero-order valence-corrected chi connectivity index (χ0v) is 12.1. The Labute approximate surface area is 120 Å². The second kappa shape index (κ2) is 6.02. The number of carbonyl (C=O) groups is 1. The van der Waals surface area contributed by atoms with Gasteiger partial charge in [-0.25, -0.2) is 17.5 Å². The van der Waals surface area contributed by atoms with Crippen molar-refractivity contribution in [2.24, 2.45) is 0 Å². The average Bonchev–Trinajstić information content (AvgIpc) is 2.34. The van der Waals surface area contributed by atoms with E-state index < -0.39 is 35.1 Å². The fourth-order valence-electron chi connectivity index (χ4n) is 1.58. The summed E-state index contributed by atoms with van der Waals surface area (Å²) < 4.78 is 61.5. The van der Waals surface area contributed by atoms with Crippen molar-refractivity contribution >= 4 is 16.0 Å². The van der Waals surface area contributed by atoms with Crippen LogP contribution in [0.25, 0.3) is 0 Å². The fourth-order valence-corrected chi connectivity index (χ4v) is 3.00. The van der Waals surface area contributed by atoms with Gasteiger partial charge in [-0.2, -0.15) is 13.2 Å². The smallest absolute Gasteiger partial charge is 0.390 e. The number of rotatable bonds is 5. The normalized spacial score (nSPS) is 12.7. The highest BCUT2D eigenvalue weighted by Gasteiger charge is 2.31. The summed E-state index contributed by atoms with van der Waals surface area (Å²) >= 11 is 0. The second-order valence-electron chi connectivity index (χ2n) is 4.48. The van der Waals surface area contributed by atoms with E-state index in [1.54, 1.807) is 0 Å². The van der Waals surface area contributed by atoms with Crippen molar-refractivity contribution in [2.75, 3.05) is 13.6 Å². The summed E-state index contributed by atoms with van der Waals surface area (Å²) in [6, 6.07) is 3.47. The number of hydrogen-bond acceptors (Lipinski definition) is 3. The molecule has 0 spiro atoms. The van der Waals surface area contributed by atoms with Crippen LogP contribution >= 0.6 is 0 Å². The second-order valence-corrected chi connectivity index (χ2v) is 6.49. The molecule has 0 atom stereocenters. The van der Waals surface area contributed by atoms with Crippen molar-refractivity contribution in [1.82, 2.24) is 4.31 Å². The first-order valence-corrected chi connectivity index (χ1v) is 7.26. The number of sulfonamides is 1. The summed E-state index contributed by atoms with van der Waals surface area (Å²) in [5.41, 5.74) is 0.0160. The topological polar surface area (TPSA) is 74.7 Å². The molecule has 0 saturated carbocycles. The maximum atomic E-state index is 12.2. The number of carboxylic acids is 1. The quantitative estimate of drug-likeness (QED) is 0.901. The first-order valence-electron chi connectivity index (χ1n) is 5.82. The molecule has 0 radical (unpaired) electrons. The summed E-state index contributed by atoms with van der Waals surface area (Å²) in [4.78, 5) is 10.5. The molecule has 0 fully saturated rings. The van der Waals surface area contributed by atoms with Gasteiger partial charge in [0.2, 0.25) is 10.0 Å². The van der Waals surface area contributed by atoms with Gasteiger partial charge in [0.25, 0.3) is 0 Å². The monoisotopic (exact) mass is 325 g/mol. The molecule has 0 heterocycles. The van der Waals surface area contributed by atoms with Gasteiger partial charge >= 0.3 is 12.1 Å². The van der Waals surface area contributed by atoms with Gasteiger partial charge in [-0.3, -0.25) is 0 Å². The van der Waals surface area contributed by atoms with Gasteiger partial charge in [0.05, 0.1) is 16.9 Å². The van der Waals surface area contributed by atoms with Crippen LogP contribution in [0.4, 0.5) is 13.2 Å². The van der Waals surface area contributed by atoms with Crippen LogP contribution in [-0.4, -0.2) is 43.6 Å². The highest BCUT2D eigenvalue weighted by Crippen LogP contribution is 2.24. The van der Waals surface area contributed by atoms with Crippen molar-refractivity contribution < 1.29 is 31.5 Å². The molecule has 21 heavy (non-hydrogen) atoms. The minimum atomic E-state index is -4.47. The molecule has 0 bridgehead atoms. The lowest BCUT2D eigenvalue weighted by molar-refractivity contribution is -0.135. The van der Waals surface area contributed by atoms with Gasteiger partial charge in [-0.1, -0.05) is 6.07 Å². The van der Waals surface area contributed by atoms with Crippen molar-refractivity contribution in [2.45, 2.75) is 24.4 Å². The summed E-state index contributed by atoms with van der Waals surface area (Å²) in [5, 5.41) is 8.86. The Morgan fingerprint density at radius 1 is 1.33 bits per heavy atom. The predicted molar refractivity (Wildman–Crippen MR) is 68.6 cm³/mol. The Bertz CT molecular complexity index is 640. The first kappa shape index (κ1) is 17.4. The molecule has 1 aromatic carbocycles. The molecule has 0 saturated heterocycles. The number of aryl methyl sites for hydroxylation is 1. The molecule has 0 aliphatic heterocycles. The van der Waals surface area contributed by atoms with Crippen LogP contribution in [0, 0.1) is 6.92 Å². The molecule has 0 unspecified atom stereocenters. The Balaban J connectivity index is 3.12. The molecule has 0 aliphatic carbocycles. The van der Waals surface area contributed by atoms with Crippen molar-refractivity contribution in [1.29, 1.82) is 0 Å². The molecule has 0 aromatic heterocycles. The summed E-state index contributed by atoms with van der Waals surface area (Å²) in [6.07, 6.45) is -5.75. The number of aromatic carboxylic acids is 1. The standard InChI is InChI=1S/C12H14F3NO4S/c1-8-3-4-9(11(17)18)7-10(8)21(19,20)16(2)6-5-12(13,14)15/h3-4,7H,5-6H2,1-2H3,(H,17,18). The van der Waals surface area contributed by atoms with E-state index in [-0.39, 0.29) is 16.0 Å². The third kappa shape index (κ3) is 4.43. The molecule has 1 rings (SSSR count). The van der Waals surface area contributed by atoms with Gasteiger partial charge < -0.3 is 5.11 Å². The lowest BCUT2D eigenvalue weighted by Gasteiger charge is -2.19. The maximum Gasteiger partial charge on any atom is 0.390 e. The number of hydrogen-bond donors (Lipinski definition) is 1. The van der Waals surface area contributed by atoms with Crippen LogP contribution in [0.5, 0.6) is 0 Å². The average molecular weight is 325 g/mol. The van der Waals surface area contributed by atoms with E-state index in [4.69, 9.17) is 5.11 Å². The predicted octanol–water partition coefficient (Wildman–Crippen LogP) is 2.27. The lowest BCUT2D eigenvalue weighted by Crippen LogP contribution is -2.31. The molecule has 0 aliphatic rings. The van der Waals surface area contributed by atoms with Gasteiger partial charge in [0.1, 0.15) is 0 Å². The van der Waals surface area contributed by atoms with E-state index in [1.807, 2.05) is 0 Å². The fraction of sp³-hybridized carbons (Fsp3) is 0.417. The third-order valence-electron chi connectivity index (χ3n) is 2.83. The van der Waals surface area contributed by atoms with Crippen LogP contribution in [0.15, 0.2) is 23.1 Å². The van der Waals surface area contributed by atoms with Crippen LogP contribution in [0.2, 0.25) is 0 Å². The van der Waals surface area contributed by atoms with Gasteiger partial charge in [0, 0.05) is 13.6 Å². The van der Waals surface area contributed by atoms with Crippen LogP contribution in [0.3, 0.4) is 0 Å². The first-order chi connectivity index (χ1) is 9.45. The summed E-state index contributed by atoms with van der Waals surface area (Å²) in [5.74, 6) is -1.32. The van der Waals surface area contributed by atoms with Crippen LogP contribution in [-0.2, 0) is 10.0 Å². The molecular weight excluding hydrogens is 311 g/mol. The number of alkyl halides is 3. The molecule has 9 heteroatoms. The maximum absolute atomic E-state index is 12.2. The van der Waals surface area contributed by atoms with E-state index in [0.29, 0.717) is 4.31 Å². The van der Waals surface area contributed by atoms with E-state index in [2.05, 4.69) is 0 Å². The Kier molecular flexibility index (Phi) is 5.00. The van der Waals surface area contributed by atoms with Crippen LogP contribution < -0.4 is 0 Å². The van der Waals surface area contributed by atoms with E-state index in [9.17, 15) is 26.4 Å². The number of carboxylic acid groups (broad SMARTS) is 1. The SMILES string of the molecule is Cc1ccc(C(=O)O)cc1S(=O)(=O)N(C)CCC(F)(F)F. The molecule has 5 nitrogen and oxygen atoms in total. The Hall–Kier alpha value is -1.61. The van der Waals surface area contributed by atoms with Crippen molar-refractivity contribution in [3.8, 4) is 0 Å². The minimum absolute atomic E-state index is 0.247. The highest BCUT2D eigenvalue weighted by molar-refractivity contribution is 7.89. The lowest BCUT2D eigenvalue weighted by atomic mass is 10.1. The van der Waals surface area contributed by atoms with E-state index in [1.165, 1.54) is 19.1 Å². The van der Waals surface area contributed by atoms with E-state index in [0.717, 1.165) is 13.1 Å². The third-order valence-corrected chi connectivity index (χ3v) is 4.83. The summed E-state index contributed by atoms with van der Waals surface area (Å²) in [7, 11) is -3.16. The van der Waals surface area contributed by atoms with E-state index >= 15 is 0 Å². The largest absolute Gasteiger partial charge is 0.478 e.